The molecule has 0 fully saturated rings. The monoisotopic (exact) mass is 307 g/mol. The van der Waals surface area contributed by atoms with E-state index in [1.54, 1.807) is 6.20 Å². The van der Waals surface area contributed by atoms with E-state index in [4.69, 9.17) is 9.47 Å². The average Bonchev–Trinajstić information content (AvgIpc) is 2.59. The Balaban J connectivity index is 1.62. The molecule has 0 saturated heterocycles. The van der Waals surface area contributed by atoms with Crippen LogP contribution in [0.5, 0.6) is 11.5 Å². The van der Waals surface area contributed by atoms with E-state index in [1.165, 1.54) is 5.56 Å². The summed E-state index contributed by atoms with van der Waals surface area (Å²) in [4.78, 5) is 4.39. The van der Waals surface area contributed by atoms with Gasteiger partial charge >= 0.3 is 0 Å². The minimum Gasteiger partial charge on any atom is -0.490 e. The molecule has 0 spiro atoms. The van der Waals surface area contributed by atoms with E-state index in [-0.39, 0.29) is 0 Å². The molecule has 0 aliphatic rings. The number of pyridine rings is 1. The van der Waals surface area contributed by atoms with E-state index >= 15 is 0 Å². The number of hydrogen-bond acceptors (Lipinski definition) is 3. The van der Waals surface area contributed by atoms with Crippen LogP contribution < -0.4 is 9.47 Å². The first-order valence-corrected chi connectivity index (χ1v) is 7.94. The fourth-order valence-corrected chi connectivity index (χ4v) is 2.58. The lowest BCUT2D eigenvalue weighted by molar-refractivity contribution is 0.217. The molecule has 3 nitrogen and oxygen atoms in total. The molecule has 1 aromatic heterocycles. The lowest BCUT2D eigenvalue weighted by Gasteiger charge is -2.14. The van der Waals surface area contributed by atoms with Crippen LogP contribution >= 0.6 is 0 Å². The molecule has 3 rings (SSSR count). The van der Waals surface area contributed by atoms with E-state index < -0.39 is 0 Å². The number of fused-ring (bicyclic) bond motifs is 1. The first-order valence-electron chi connectivity index (χ1n) is 7.94. The molecule has 118 valence electrons. The normalized spacial score (nSPS) is 10.9. The average molecular weight is 307 g/mol. The molecular formula is C20H21NO2. The van der Waals surface area contributed by atoms with Gasteiger partial charge in [0.15, 0.2) is 0 Å². The Morgan fingerprint density at radius 3 is 2.35 bits per heavy atom. The summed E-state index contributed by atoms with van der Waals surface area (Å²) < 4.78 is 11.7. The summed E-state index contributed by atoms with van der Waals surface area (Å²) in [5.41, 5.74) is 2.11. The van der Waals surface area contributed by atoms with E-state index in [9.17, 15) is 0 Å². The Labute approximate surface area is 136 Å². The molecule has 0 N–H and O–H groups in total. The molecule has 0 aliphatic heterocycles. The second-order valence-electron chi connectivity index (χ2n) is 5.72. The summed E-state index contributed by atoms with van der Waals surface area (Å²) in [5.74, 6) is 2.17. The van der Waals surface area contributed by atoms with E-state index in [0.717, 1.165) is 22.4 Å². The van der Waals surface area contributed by atoms with Crippen molar-refractivity contribution in [3.8, 4) is 11.5 Å². The maximum atomic E-state index is 5.89. The first kappa shape index (κ1) is 15.3. The zero-order chi connectivity index (χ0) is 16.1. The highest BCUT2D eigenvalue weighted by atomic mass is 16.5. The Bertz CT molecular complexity index is 778. The van der Waals surface area contributed by atoms with Gasteiger partial charge in [-0.05, 0) is 29.7 Å². The minimum absolute atomic E-state index is 0.439. The highest BCUT2D eigenvalue weighted by Crippen LogP contribution is 2.26. The Morgan fingerprint density at radius 1 is 0.826 bits per heavy atom. The van der Waals surface area contributed by atoms with Crippen molar-refractivity contribution in [3.63, 3.8) is 0 Å². The van der Waals surface area contributed by atoms with E-state index in [0.29, 0.717) is 19.1 Å². The van der Waals surface area contributed by atoms with E-state index in [2.05, 4.69) is 24.9 Å². The smallest absolute Gasteiger partial charge is 0.145 e. The van der Waals surface area contributed by atoms with Crippen LogP contribution in [0, 0.1) is 0 Å². The van der Waals surface area contributed by atoms with Crippen molar-refractivity contribution >= 4 is 10.9 Å². The van der Waals surface area contributed by atoms with Gasteiger partial charge in [-0.15, -0.1) is 0 Å². The van der Waals surface area contributed by atoms with Gasteiger partial charge in [-0.25, -0.2) is 0 Å². The lowest BCUT2D eigenvalue weighted by Crippen LogP contribution is -2.10. The third-order valence-electron chi connectivity index (χ3n) is 3.74. The molecule has 2 aromatic carbocycles. The summed E-state index contributed by atoms with van der Waals surface area (Å²) in [6.45, 7) is 5.33. The quantitative estimate of drug-likeness (QED) is 0.612. The van der Waals surface area contributed by atoms with Crippen molar-refractivity contribution in [2.45, 2.75) is 19.8 Å². The van der Waals surface area contributed by atoms with Crippen LogP contribution in [0.4, 0.5) is 0 Å². The molecule has 0 aliphatic carbocycles. The molecule has 3 heteroatoms. The molecule has 1 heterocycles. The molecule has 23 heavy (non-hydrogen) atoms. The van der Waals surface area contributed by atoms with Crippen LogP contribution in [0.25, 0.3) is 10.9 Å². The predicted molar refractivity (Wildman–Crippen MR) is 93.3 cm³/mol. The highest BCUT2D eigenvalue weighted by molar-refractivity contribution is 5.84. The number of para-hydroxylation sites is 2. The molecule has 0 atom stereocenters. The first-order chi connectivity index (χ1) is 11.3. The van der Waals surface area contributed by atoms with Crippen molar-refractivity contribution in [2.75, 3.05) is 13.2 Å². The van der Waals surface area contributed by atoms with Gasteiger partial charge in [0.2, 0.25) is 0 Å². The predicted octanol–water partition coefficient (Wildman–Crippen LogP) is 4.82. The number of nitrogens with zero attached hydrogens (tertiary/aromatic N) is 1. The van der Waals surface area contributed by atoms with Gasteiger partial charge in [-0.3, -0.25) is 4.98 Å². The van der Waals surface area contributed by atoms with Crippen molar-refractivity contribution in [1.82, 2.24) is 4.98 Å². The summed E-state index contributed by atoms with van der Waals surface area (Å²) in [7, 11) is 0. The van der Waals surface area contributed by atoms with Gasteiger partial charge in [0, 0.05) is 11.6 Å². The van der Waals surface area contributed by atoms with Gasteiger partial charge in [-0.2, -0.15) is 0 Å². The molecule has 0 amide bonds. The molecule has 0 radical (unpaired) electrons. The molecule has 3 aromatic rings. The zero-order valence-corrected chi connectivity index (χ0v) is 13.5. The maximum absolute atomic E-state index is 5.89. The third kappa shape index (κ3) is 3.62. The second kappa shape index (κ2) is 7.14. The van der Waals surface area contributed by atoms with Crippen LogP contribution in [-0.2, 0) is 0 Å². The number of hydrogen-bond donors (Lipinski definition) is 0. The van der Waals surface area contributed by atoms with Crippen molar-refractivity contribution in [3.05, 3.63) is 66.4 Å². The number of aromatic nitrogens is 1. The third-order valence-corrected chi connectivity index (χ3v) is 3.74. The highest BCUT2D eigenvalue weighted by Gasteiger charge is 2.07. The van der Waals surface area contributed by atoms with Gasteiger partial charge in [0.25, 0.3) is 0 Å². The summed E-state index contributed by atoms with van der Waals surface area (Å²) >= 11 is 0. The van der Waals surface area contributed by atoms with Crippen LogP contribution in [0.2, 0.25) is 0 Å². The van der Waals surface area contributed by atoms with E-state index in [1.807, 2.05) is 48.5 Å². The lowest BCUT2D eigenvalue weighted by atomic mass is 10.0. The fourth-order valence-electron chi connectivity index (χ4n) is 2.58. The second-order valence-corrected chi connectivity index (χ2v) is 5.72. The van der Waals surface area contributed by atoms with Crippen molar-refractivity contribution < 1.29 is 9.47 Å². The molecule has 0 saturated carbocycles. The maximum Gasteiger partial charge on any atom is 0.145 e. The largest absolute Gasteiger partial charge is 0.490 e. The van der Waals surface area contributed by atoms with Gasteiger partial charge in [0.05, 0.1) is 0 Å². The zero-order valence-electron chi connectivity index (χ0n) is 13.5. The van der Waals surface area contributed by atoms with Gasteiger partial charge in [0.1, 0.15) is 30.2 Å². The number of benzene rings is 2. The fraction of sp³-hybridized carbons (Fsp3) is 0.250. The minimum atomic E-state index is 0.439. The molecule has 0 bridgehead atoms. The summed E-state index contributed by atoms with van der Waals surface area (Å²) in [5, 5.41) is 1.08. The molecule has 0 unspecified atom stereocenters. The molecular weight excluding hydrogens is 286 g/mol. The number of rotatable bonds is 6. The summed E-state index contributed by atoms with van der Waals surface area (Å²) in [6.07, 6.45) is 1.78. The Kier molecular flexibility index (Phi) is 4.77. The van der Waals surface area contributed by atoms with Crippen LogP contribution in [0.15, 0.2) is 60.8 Å². The van der Waals surface area contributed by atoms with Gasteiger partial charge < -0.3 is 9.47 Å². The Morgan fingerprint density at radius 2 is 1.52 bits per heavy atom. The standard InChI is InChI=1S/C20H21NO2/c1-15(2)17-9-3-4-10-18(17)22-13-14-23-19-11-5-7-16-8-6-12-21-20(16)19/h3-12,15H,13-14H2,1-2H3. The van der Waals surface area contributed by atoms with Crippen LogP contribution in [0.1, 0.15) is 25.3 Å². The van der Waals surface area contributed by atoms with Crippen LogP contribution in [-0.4, -0.2) is 18.2 Å². The van der Waals surface area contributed by atoms with Crippen LogP contribution in [0.3, 0.4) is 0 Å². The van der Waals surface area contributed by atoms with Crippen molar-refractivity contribution in [1.29, 1.82) is 0 Å². The summed E-state index contributed by atoms with van der Waals surface area (Å²) in [6, 6.07) is 18.1. The number of ether oxygens (including phenoxy) is 2. The topological polar surface area (TPSA) is 31.4 Å². The van der Waals surface area contributed by atoms with Gasteiger partial charge in [-0.1, -0.05) is 50.2 Å². The SMILES string of the molecule is CC(C)c1ccccc1OCCOc1cccc2cccnc12. The van der Waals surface area contributed by atoms with Crippen molar-refractivity contribution in [2.24, 2.45) is 0 Å². The Hall–Kier alpha value is -2.55.